The fourth-order valence-corrected chi connectivity index (χ4v) is 1.06. The number of hydrogen-bond donors (Lipinski definition) is 4. The Kier molecular flexibility index (Phi) is 3.72. The molecule has 1 atom stereocenters. The summed E-state index contributed by atoms with van der Waals surface area (Å²) in [5, 5.41) is 20.1. The number of anilines is 1. The smallest absolute Gasteiger partial charge is 0.287 e. The Morgan fingerprint density at radius 1 is 1.69 bits per heavy atom. The first kappa shape index (κ1) is 11.9. The zero-order valence-corrected chi connectivity index (χ0v) is 8.38. The lowest BCUT2D eigenvalue weighted by Crippen LogP contribution is -2.34. The van der Waals surface area contributed by atoms with Gasteiger partial charge in [-0.3, -0.25) is 15.5 Å². The van der Waals surface area contributed by atoms with E-state index in [2.05, 4.69) is 10.3 Å². The minimum Gasteiger partial charge on any atom is -0.388 e. The summed E-state index contributed by atoms with van der Waals surface area (Å²) < 4.78 is 0. The Balaban J connectivity index is 2.61. The van der Waals surface area contributed by atoms with Crippen molar-refractivity contribution in [3.8, 4) is 0 Å². The lowest BCUT2D eigenvalue weighted by Gasteiger charge is -2.12. The summed E-state index contributed by atoms with van der Waals surface area (Å²) in [6, 6.07) is 2.76. The van der Waals surface area contributed by atoms with Crippen LogP contribution in [0.25, 0.3) is 0 Å². The second kappa shape index (κ2) is 5.03. The highest BCUT2D eigenvalue weighted by atomic mass is 16.6. The fourth-order valence-electron chi connectivity index (χ4n) is 1.06. The number of aromatic nitrogens is 1. The lowest BCUT2D eigenvalue weighted by atomic mass is 10.3. The number of nitrogens with two attached hydrogens (primary N) is 2. The standard InChI is InChI=1S/C8H12N6O2/c9-6(10)3-7(11)13-8-2-1-5(4-12-8)14(15)16/h1-2,4,7H,3,11H2,(H3,9,10)(H,12,13). The molecule has 1 aromatic rings. The molecular formula is C8H12N6O2. The monoisotopic (exact) mass is 224 g/mol. The van der Waals surface area contributed by atoms with Crippen LogP contribution >= 0.6 is 0 Å². The number of nitro groups is 1. The molecule has 0 saturated carbocycles. The number of nitrogens with zero attached hydrogens (tertiary/aromatic N) is 2. The summed E-state index contributed by atoms with van der Waals surface area (Å²) >= 11 is 0. The van der Waals surface area contributed by atoms with E-state index in [0.717, 1.165) is 6.20 Å². The molecule has 0 amide bonds. The summed E-state index contributed by atoms with van der Waals surface area (Å²) in [7, 11) is 0. The predicted octanol–water partition coefficient (Wildman–Crippen LogP) is 0.0126. The first-order valence-corrected chi connectivity index (χ1v) is 4.44. The maximum absolute atomic E-state index is 10.4. The number of rotatable bonds is 5. The van der Waals surface area contributed by atoms with Crippen molar-refractivity contribution in [3.05, 3.63) is 28.4 Å². The second-order valence-electron chi connectivity index (χ2n) is 3.14. The van der Waals surface area contributed by atoms with E-state index < -0.39 is 11.1 Å². The third-order valence-electron chi connectivity index (χ3n) is 1.73. The molecule has 0 aromatic carbocycles. The van der Waals surface area contributed by atoms with Crippen LogP contribution in [-0.4, -0.2) is 21.9 Å². The van der Waals surface area contributed by atoms with Crippen LogP contribution in [0.5, 0.6) is 0 Å². The van der Waals surface area contributed by atoms with E-state index in [-0.39, 0.29) is 17.9 Å². The van der Waals surface area contributed by atoms with Gasteiger partial charge in [-0.05, 0) is 6.07 Å². The van der Waals surface area contributed by atoms with Crippen LogP contribution in [0.2, 0.25) is 0 Å². The summed E-state index contributed by atoms with van der Waals surface area (Å²) in [5.74, 6) is 0.362. The van der Waals surface area contributed by atoms with Gasteiger partial charge >= 0.3 is 0 Å². The largest absolute Gasteiger partial charge is 0.388 e. The van der Waals surface area contributed by atoms with Gasteiger partial charge in [0.1, 0.15) is 12.0 Å². The maximum atomic E-state index is 10.4. The summed E-state index contributed by atoms with van der Waals surface area (Å²) in [5.41, 5.74) is 10.7. The summed E-state index contributed by atoms with van der Waals surface area (Å²) in [6.07, 6.45) is 0.771. The highest BCUT2D eigenvalue weighted by Gasteiger charge is 2.08. The predicted molar refractivity (Wildman–Crippen MR) is 59.0 cm³/mol. The van der Waals surface area contributed by atoms with Crippen LogP contribution in [0.1, 0.15) is 6.42 Å². The van der Waals surface area contributed by atoms with E-state index in [1.165, 1.54) is 12.1 Å². The van der Waals surface area contributed by atoms with Crippen molar-refractivity contribution < 1.29 is 4.92 Å². The quantitative estimate of drug-likeness (QED) is 0.182. The molecule has 0 aliphatic heterocycles. The fraction of sp³-hybridized carbons (Fsp3) is 0.250. The highest BCUT2D eigenvalue weighted by Crippen LogP contribution is 2.12. The first-order valence-electron chi connectivity index (χ1n) is 4.44. The van der Waals surface area contributed by atoms with Crippen molar-refractivity contribution in [2.24, 2.45) is 11.5 Å². The SMILES string of the molecule is N=C(N)CC(N)Nc1ccc([N+](=O)[O-])cn1. The van der Waals surface area contributed by atoms with Gasteiger partial charge in [0.2, 0.25) is 0 Å². The Bertz CT molecular complexity index is 390. The molecule has 1 aromatic heterocycles. The van der Waals surface area contributed by atoms with Crippen LogP contribution in [0, 0.1) is 15.5 Å². The second-order valence-corrected chi connectivity index (χ2v) is 3.14. The van der Waals surface area contributed by atoms with E-state index >= 15 is 0 Å². The van der Waals surface area contributed by atoms with Crippen molar-refractivity contribution >= 4 is 17.3 Å². The number of amidine groups is 1. The molecule has 86 valence electrons. The van der Waals surface area contributed by atoms with E-state index in [1.54, 1.807) is 0 Å². The highest BCUT2D eigenvalue weighted by molar-refractivity contribution is 5.77. The topological polar surface area (TPSA) is 144 Å². The van der Waals surface area contributed by atoms with Crippen LogP contribution in [0.3, 0.4) is 0 Å². The third-order valence-corrected chi connectivity index (χ3v) is 1.73. The summed E-state index contributed by atoms with van der Waals surface area (Å²) in [6.45, 7) is 0. The Morgan fingerprint density at radius 3 is 2.81 bits per heavy atom. The molecule has 0 bridgehead atoms. The Morgan fingerprint density at radius 2 is 2.38 bits per heavy atom. The van der Waals surface area contributed by atoms with Crippen molar-refractivity contribution in [1.82, 2.24) is 4.98 Å². The van der Waals surface area contributed by atoms with Gasteiger partial charge in [0.15, 0.2) is 0 Å². The van der Waals surface area contributed by atoms with E-state index in [4.69, 9.17) is 16.9 Å². The first-order chi connectivity index (χ1) is 7.49. The normalized spacial score (nSPS) is 11.8. The molecule has 1 unspecified atom stereocenters. The maximum Gasteiger partial charge on any atom is 0.287 e. The molecule has 0 aliphatic rings. The molecule has 0 aliphatic carbocycles. The van der Waals surface area contributed by atoms with Crippen molar-refractivity contribution in [2.75, 3.05) is 5.32 Å². The van der Waals surface area contributed by atoms with Gasteiger partial charge in [-0.25, -0.2) is 4.98 Å². The number of nitrogens with one attached hydrogen (secondary N) is 2. The molecule has 0 saturated heterocycles. The van der Waals surface area contributed by atoms with E-state index in [1.807, 2.05) is 0 Å². The molecule has 0 fully saturated rings. The third kappa shape index (κ3) is 3.50. The average molecular weight is 224 g/mol. The summed E-state index contributed by atoms with van der Waals surface area (Å²) in [4.78, 5) is 13.6. The number of hydrogen-bond acceptors (Lipinski definition) is 6. The molecule has 6 N–H and O–H groups in total. The zero-order valence-electron chi connectivity index (χ0n) is 8.38. The molecule has 0 radical (unpaired) electrons. The van der Waals surface area contributed by atoms with Gasteiger partial charge in [-0.15, -0.1) is 0 Å². The molecule has 16 heavy (non-hydrogen) atoms. The molecular weight excluding hydrogens is 212 g/mol. The minimum absolute atomic E-state index is 0.0399. The van der Waals surface area contributed by atoms with Crippen molar-refractivity contribution in [1.29, 1.82) is 5.41 Å². The van der Waals surface area contributed by atoms with Crippen molar-refractivity contribution in [3.63, 3.8) is 0 Å². The molecule has 0 spiro atoms. The molecule has 8 heteroatoms. The Labute approximate surface area is 91.3 Å². The van der Waals surface area contributed by atoms with Gasteiger partial charge in [-0.1, -0.05) is 0 Å². The molecule has 8 nitrogen and oxygen atoms in total. The van der Waals surface area contributed by atoms with Gasteiger partial charge in [0.25, 0.3) is 5.69 Å². The van der Waals surface area contributed by atoms with Gasteiger partial charge < -0.3 is 16.8 Å². The van der Waals surface area contributed by atoms with Crippen molar-refractivity contribution in [2.45, 2.75) is 12.6 Å². The van der Waals surface area contributed by atoms with Crippen LogP contribution in [0.4, 0.5) is 11.5 Å². The van der Waals surface area contributed by atoms with E-state index in [9.17, 15) is 10.1 Å². The Hall–Kier alpha value is -2.22. The van der Waals surface area contributed by atoms with E-state index in [0.29, 0.717) is 5.82 Å². The average Bonchev–Trinajstić information content (AvgIpc) is 2.16. The minimum atomic E-state index is -0.536. The molecule has 1 heterocycles. The van der Waals surface area contributed by atoms with Crippen LogP contribution in [-0.2, 0) is 0 Å². The van der Waals surface area contributed by atoms with Gasteiger partial charge in [0, 0.05) is 12.5 Å². The van der Waals surface area contributed by atoms with Gasteiger partial charge in [0.05, 0.1) is 16.9 Å². The number of pyridine rings is 1. The van der Waals surface area contributed by atoms with Gasteiger partial charge in [-0.2, -0.15) is 0 Å². The van der Waals surface area contributed by atoms with Crippen LogP contribution in [0.15, 0.2) is 18.3 Å². The lowest BCUT2D eigenvalue weighted by molar-refractivity contribution is -0.385. The van der Waals surface area contributed by atoms with Crippen LogP contribution < -0.4 is 16.8 Å². The zero-order chi connectivity index (χ0) is 12.1. The molecule has 1 rings (SSSR count).